The zero-order valence-corrected chi connectivity index (χ0v) is 15.9. The second kappa shape index (κ2) is 9.16. The van der Waals surface area contributed by atoms with Crippen molar-refractivity contribution in [3.8, 4) is 0 Å². The summed E-state index contributed by atoms with van der Waals surface area (Å²) in [4.78, 5) is 50.9. The van der Waals surface area contributed by atoms with Gasteiger partial charge in [-0.15, -0.1) is 0 Å². The smallest absolute Gasteiger partial charge is 0.312 e. The number of aryl methyl sites for hydroxylation is 1. The fraction of sp³-hybridized carbons (Fsp3) is 0.474. The number of likely N-dealkylation sites (N-methyl/N-ethyl adjacent to an activating group) is 1. The van der Waals surface area contributed by atoms with E-state index in [9.17, 15) is 19.2 Å². The van der Waals surface area contributed by atoms with Crippen LogP contribution >= 0.6 is 0 Å². The lowest BCUT2D eigenvalue weighted by Gasteiger charge is -2.33. The Morgan fingerprint density at radius 1 is 1.11 bits per heavy atom. The summed E-state index contributed by atoms with van der Waals surface area (Å²) in [6.45, 7) is 4.67. The van der Waals surface area contributed by atoms with Crippen LogP contribution in [0.25, 0.3) is 0 Å². The van der Waals surface area contributed by atoms with Crippen LogP contribution in [0.15, 0.2) is 24.3 Å². The molecule has 0 unspecified atom stereocenters. The molecular formula is C19H25N3O5. The van der Waals surface area contributed by atoms with Crippen molar-refractivity contribution < 1.29 is 23.9 Å². The summed E-state index contributed by atoms with van der Waals surface area (Å²) < 4.78 is 4.71. The Kier molecular flexibility index (Phi) is 6.92. The van der Waals surface area contributed by atoms with Crippen molar-refractivity contribution in [1.82, 2.24) is 15.1 Å². The summed E-state index contributed by atoms with van der Waals surface area (Å²) in [5.74, 6) is -2.17. The van der Waals surface area contributed by atoms with Gasteiger partial charge in [-0.1, -0.05) is 29.8 Å². The van der Waals surface area contributed by atoms with Gasteiger partial charge in [0.25, 0.3) is 0 Å². The van der Waals surface area contributed by atoms with Gasteiger partial charge in [-0.05, 0) is 19.4 Å². The van der Waals surface area contributed by atoms with E-state index < -0.39 is 29.7 Å². The minimum absolute atomic E-state index is 0.0260. The average Bonchev–Trinajstić information content (AvgIpc) is 2.65. The largest absolute Gasteiger partial charge is 0.469 e. The summed E-state index contributed by atoms with van der Waals surface area (Å²) in [5, 5.41) is 2.77. The van der Waals surface area contributed by atoms with Crippen LogP contribution in [0.1, 0.15) is 30.5 Å². The lowest BCUT2D eigenvalue weighted by molar-refractivity contribution is -0.156. The fourth-order valence-electron chi connectivity index (χ4n) is 2.88. The van der Waals surface area contributed by atoms with Crippen LogP contribution in [0.4, 0.5) is 0 Å². The van der Waals surface area contributed by atoms with Crippen LogP contribution in [0.5, 0.6) is 0 Å². The first-order chi connectivity index (χ1) is 12.8. The van der Waals surface area contributed by atoms with E-state index in [2.05, 4.69) is 5.32 Å². The van der Waals surface area contributed by atoms with E-state index in [4.69, 9.17) is 4.74 Å². The molecule has 1 aromatic rings. The van der Waals surface area contributed by atoms with E-state index in [1.807, 2.05) is 31.2 Å². The zero-order valence-electron chi connectivity index (χ0n) is 15.9. The molecule has 1 saturated heterocycles. The maximum absolute atomic E-state index is 12.5. The molecule has 1 fully saturated rings. The highest BCUT2D eigenvalue weighted by atomic mass is 16.5. The molecule has 0 bridgehead atoms. The number of rotatable bonds is 7. The third-order valence-corrected chi connectivity index (χ3v) is 4.53. The molecule has 146 valence electrons. The normalized spacial score (nSPS) is 15.5. The first-order valence-electron chi connectivity index (χ1n) is 8.86. The SMILES string of the molecule is CCN1CCN(CC(=O)N[C@@H](CC(=O)OC)c2ccc(C)cc2)C(=O)C1=O. The van der Waals surface area contributed by atoms with E-state index in [0.717, 1.165) is 11.1 Å². The molecule has 8 nitrogen and oxygen atoms in total. The molecule has 0 aliphatic carbocycles. The van der Waals surface area contributed by atoms with Crippen molar-refractivity contribution >= 4 is 23.7 Å². The number of hydrogen-bond acceptors (Lipinski definition) is 5. The Balaban J connectivity index is 2.05. The minimum Gasteiger partial charge on any atom is -0.469 e. The molecule has 3 amide bonds. The molecule has 0 saturated carbocycles. The molecular weight excluding hydrogens is 350 g/mol. The van der Waals surface area contributed by atoms with Gasteiger partial charge in [-0.25, -0.2) is 0 Å². The summed E-state index contributed by atoms with van der Waals surface area (Å²) in [6, 6.07) is 6.86. The Hall–Kier alpha value is -2.90. The van der Waals surface area contributed by atoms with Crippen molar-refractivity contribution in [3.63, 3.8) is 0 Å². The van der Waals surface area contributed by atoms with E-state index in [-0.39, 0.29) is 13.0 Å². The summed E-state index contributed by atoms with van der Waals surface area (Å²) in [7, 11) is 1.29. The molecule has 1 N–H and O–H groups in total. The molecule has 0 spiro atoms. The molecule has 27 heavy (non-hydrogen) atoms. The van der Waals surface area contributed by atoms with E-state index in [1.54, 1.807) is 6.92 Å². The standard InChI is InChI=1S/C19H25N3O5/c1-4-21-9-10-22(19(26)18(21)25)12-16(23)20-15(11-17(24)27-3)14-7-5-13(2)6-8-14/h5-8,15H,4,9-12H2,1-3H3,(H,20,23)/t15-/m0/s1. The average molecular weight is 375 g/mol. The molecule has 0 aromatic heterocycles. The molecule has 1 heterocycles. The van der Waals surface area contributed by atoms with Gasteiger partial charge in [-0.3, -0.25) is 19.2 Å². The summed E-state index contributed by atoms with van der Waals surface area (Å²) in [6.07, 6.45) is -0.0260. The third-order valence-electron chi connectivity index (χ3n) is 4.53. The fourth-order valence-corrected chi connectivity index (χ4v) is 2.88. The maximum atomic E-state index is 12.5. The Morgan fingerprint density at radius 2 is 1.70 bits per heavy atom. The highest BCUT2D eigenvalue weighted by Crippen LogP contribution is 2.18. The monoisotopic (exact) mass is 375 g/mol. The van der Waals surface area contributed by atoms with Crippen LogP contribution in [0.3, 0.4) is 0 Å². The number of esters is 1. The second-order valence-electron chi connectivity index (χ2n) is 6.42. The van der Waals surface area contributed by atoms with E-state index in [0.29, 0.717) is 19.6 Å². The number of piperazine rings is 1. The topological polar surface area (TPSA) is 96.0 Å². The number of hydrogen-bond donors (Lipinski definition) is 1. The van der Waals surface area contributed by atoms with Crippen molar-refractivity contribution in [1.29, 1.82) is 0 Å². The highest BCUT2D eigenvalue weighted by Gasteiger charge is 2.33. The molecule has 8 heteroatoms. The van der Waals surface area contributed by atoms with Crippen LogP contribution in [0, 0.1) is 6.92 Å². The van der Waals surface area contributed by atoms with Gasteiger partial charge < -0.3 is 19.9 Å². The number of carbonyl (C=O) groups is 4. The number of nitrogens with one attached hydrogen (secondary N) is 1. The number of methoxy groups -OCH3 is 1. The number of ether oxygens (including phenoxy) is 1. The number of nitrogens with zero attached hydrogens (tertiary/aromatic N) is 2. The lowest BCUT2D eigenvalue weighted by Crippen LogP contribution is -2.56. The zero-order chi connectivity index (χ0) is 20.0. The first-order valence-corrected chi connectivity index (χ1v) is 8.86. The maximum Gasteiger partial charge on any atom is 0.312 e. The molecule has 1 aliphatic rings. The van der Waals surface area contributed by atoms with Crippen molar-refractivity contribution in [3.05, 3.63) is 35.4 Å². The van der Waals surface area contributed by atoms with Crippen LogP contribution < -0.4 is 5.32 Å². The van der Waals surface area contributed by atoms with Crippen molar-refractivity contribution in [2.24, 2.45) is 0 Å². The second-order valence-corrected chi connectivity index (χ2v) is 6.42. The lowest BCUT2D eigenvalue weighted by atomic mass is 10.0. The summed E-state index contributed by atoms with van der Waals surface area (Å²) >= 11 is 0. The van der Waals surface area contributed by atoms with Gasteiger partial charge in [0.2, 0.25) is 5.91 Å². The van der Waals surface area contributed by atoms with Crippen LogP contribution in [-0.2, 0) is 23.9 Å². The van der Waals surface area contributed by atoms with Crippen molar-refractivity contribution in [2.45, 2.75) is 26.3 Å². The van der Waals surface area contributed by atoms with Crippen molar-refractivity contribution in [2.75, 3.05) is 33.3 Å². The Labute approximate surface area is 158 Å². The van der Waals surface area contributed by atoms with Gasteiger partial charge in [0.15, 0.2) is 0 Å². The summed E-state index contributed by atoms with van der Waals surface area (Å²) in [5.41, 5.74) is 1.82. The number of carbonyl (C=O) groups excluding carboxylic acids is 4. The third kappa shape index (κ3) is 5.29. The molecule has 1 aliphatic heterocycles. The van der Waals surface area contributed by atoms with Gasteiger partial charge in [-0.2, -0.15) is 0 Å². The van der Waals surface area contributed by atoms with E-state index >= 15 is 0 Å². The Bertz CT molecular complexity index is 717. The number of benzene rings is 1. The van der Waals surface area contributed by atoms with Gasteiger partial charge in [0, 0.05) is 19.6 Å². The van der Waals surface area contributed by atoms with Gasteiger partial charge in [0.1, 0.15) is 6.54 Å². The quantitative estimate of drug-likeness (QED) is 0.550. The molecule has 1 atom stereocenters. The van der Waals surface area contributed by atoms with E-state index in [1.165, 1.54) is 16.9 Å². The predicted octanol–water partition coefficient (Wildman–Crippen LogP) is 0.406. The highest BCUT2D eigenvalue weighted by molar-refractivity contribution is 6.35. The van der Waals surface area contributed by atoms with Crippen LogP contribution in [0.2, 0.25) is 0 Å². The van der Waals surface area contributed by atoms with Gasteiger partial charge in [0.05, 0.1) is 19.6 Å². The molecule has 2 rings (SSSR count). The first kappa shape index (κ1) is 20.4. The number of amides is 3. The Morgan fingerprint density at radius 3 is 2.30 bits per heavy atom. The predicted molar refractivity (Wildman–Crippen MR) is 97.5 cm³/mol. The minimum atomic E-state index is -0.682. The van der Waals surface area contributed by atoms with Crippen LogP contribution in [-0.4, -0.2) is 66.8 Å². The molecule has 1 aromatic carbocycles. The molecule has 0 radical (unpaired) electrons. The van der Waals surface area contributed by atoms with Gasteiger partial charge >= 0.3 is 17.8 Å².